The largest absolute Gasteiger partial charge is 0.300 e. The lowest BCUT2D eigenvalue weighted by molar-refractivity contribution is -0.119. The van der Waals surface area contributed by atoms with Gasteiger partial charge in [-0.3, -0.25) is 4.79 Å². The highest BCUT2D eigenvalue weighted by Gasteiger charge is 2.12. The first-order valence-corrected chi connectivity index (χ1v) is 5.84. The summed E-state index contributed by atoms with van der Waals surface area (Å²) >= 11 is 0. The second kappa shape index (κ2) is 6.17. The third kappa shape index (κ3) is 4.44. The maximum atomic E-state index is 11.1. The molecule has 1 aliphatic rings. The highest BCUT2D eigenvalue weighted by molar-refractivity contribution is 5.77. The number of carbonyl (C=O) groups is 1. The average Bonchev–Trinajstić information content (AvgIpc) is 2.42. The van der Waals surface area contributed by atoms with Crippen LogP contribution in [0.3, 0.4) is 0 Å². The van der Waals surface area contributed by atoms with E-state index < -0.39 is 0 Å². The summed E-state index contributed by atoms with van der Waals surface area (Å²) in [4.78, 5) is 11.1. The van der Waals surface area contributed by atoms with Gasteiger partial charge in [-0.15, -0.1) is 0 Å². The van der Waals surface area contributed by atoms with Crippen LogP contribution in [0.4, 0.5) is 0 Å². The Kier molecular flexibility index (Phi) is 5.10. The quantitative estimate of drug-likeness (QED) is 0.606. The van der Waals surface area contributed by atoms with Crippen LogP contribution in [0.5, 0.6) is 0 Å². The molecule has 1 heteroatoms. The molecule has 0 unspecified atom stereocenters. The van der Waals surface area contributed by atoms with Crippen LogP contribution in [0.15, 0.2) is 0 Å². The molecule has 13 heavy (non-hydrogen) atoms. The Morgan fingerprint density at radius 3 is 2.31 bits per heavy atom. The summed E-state index contributed by atoms with van der Waals surface area (Å²) in [5.74, 6) is 1.31. The Labute approximate surface area is 81.9 Å². The Morgan fingerprint density at radius 2 is 1.77 bits per heavy atom. The first kappa shape index (κ1) is 10.7. The van der Waals surface area contributed by atoms with Crippen molar-refractivity contribution in [2.45, 2.75) is 64.7 Å². The summed E-state index contributed by atoms with van der Waals surface area (Å²) in [6, 6.07) is 0. The molecule has 0 saturated heterocycles. The number of carbonyl (C=O) groups excluding carboxylic acids is 1. The molecule has 0 aromatic heterocycles. The van der Waals surface area contributed by atoms with Gasteiger partial charge in [-0.25, -0.2) is 0 Å². The van der Waals surface area contributed by atoms with Crippen LogP contribution in [0, 0.1) is 5.92 Å². The predicted octanol–water partition coefficient (Wildman–Crippen LogP) is 3.72. The normalized spacial score (nSPS) is 19.8. The topological polar surface area (TPSA) is 17.1 Å². The summed E-state index contributed by atoms with van der Waals surface area (Å²) in [5, 5.41) is 0. The standard InChI is InChI=1S/C12H22O/c1-2-12(13)10-9-11-7-5-3-4-6-8-11/h11H,2-10H2,1H3. The number of hydrogen-bond donors (Lipinski definition) is 0. The van der Waals surface area contributed by atoms with Gasteiger partial charge < -0.3 is 0 Å². The van der Waals surface area contributed by atoms with E-state index in [2.05, 4.69) is 0 Å². The molecule has 0 N–H and O–H groups in total. The molecule has 0 amide bonds. The van der Waals surface area contributed by atoms with Gasteiger partial charge in [0.05, 0.1) is 0 Å². The second-order valence-electron chi connectivity index (χ2n) is 4.29. The lowest BCUT2D eigenvalue weighted by atomic mass is 9.93. The van der Waals surface area contributed by atoms with Gasteiger partial charge >= 0.3 is 0 Å². The molecular formula is C12H22O. The van der Waals surface area contributed by atoms with Gasteiger partial charge in [0.25, 0.3) is 0 Å². The van der Waals surface area contributed by atoms with Gasteiger partial charge in [0.15, 0.2) is 0 Å². The van der Waals surface area contributed by atoms with E-state index in [0.29, 0.717) is 5.78 Å². The van der Waals surface area contributed by atoms with Crippen molar-refractivity contribution < 1.29 is 4.79 Å². The Bertz CT molecular complexity index is 143. The van der Waals surface area contributed by atoms with Crippen LogP contribution in [-0.4, -0.2) is 5.78 Å². The minimum absolute atomic E-state index is 0.448. The van der Waals surface area contributed by atoms with Gasteiger partial charge in [-0.1, -0.05) is 45.4 Å². The lowest BCUT2D eigenvalue weighted by Gasteiger charge is -2.12. The number of rotatable bonds is 4. The van der Waals surface area contributed by atoms with Crippen molar-refractivity contribution in [1.82, 2.24) is 0 Å². The third-order valence-electron chi connectivity index (χ3n) is 3.20. The highest BCUT2D eigenvalue weighted by Crippen LogP contribution is 2.26. The van der Waals surface area contributed by atoms with E-state index in [9.17, 15) is 4.79 Å². The maximum absolute atomic E-state index is 11.1. The Morgan fingerprint density at radius 1 is 1.15 bits per heavy atom. The van der Waals surface area contributed by atoms with Crippen LogP contribution >= 0.6 is 0 Å². The molecular weight excluding hydrogens is 160 g/mol. The third-order valence-corrected chi connectivity index (χ3v) is 3.20. The van der Waals surface area contributed by atoms with Gasteiger partial charge in [0.2, 0.25) is 0 Å². The molecule has 1 aliphatic carbocycles. The molecule has 0 aliphatic heterocycles. The van der Waals surface area contributed by atoms with Crippen LogP contribution in [0.25, 0.3) is 0 Å². The monoisotopic (exact) mass is 182 g/mol. The first-order valence-electron chi connectivity index (χ1n) is 5.84. The zero-order chi connectivity index (χ0) is 9.52. The summed E-state index contributed by atoms with van der Waals surface area (Å²) in [5.41, 5.74) is 0. The predicted molar refractivity (Wildman–Crippen MR) is 55.7 cm³/mol. The summed E-state index contributed by atoms with van der Waals surface area (Å²) < 4.78 is 0. The van der Waals surface area contributed by atoms with Crippen LogP contribution in [0.2, 0.25) is 0 Å². The fourth-order valence-electron chi connectivity index (χ4n) is 2.19. The molecule has 0 radical (unpaired) electrons. The van der Waals surface area contributed by atoms with Crippen LogP contribution in [0.1, 0.15) is 64.7 Å². The molecule has 0 spiro atoms. The zero-order valence-corrected chi connectivity index (χ0v) is 8.85. The summed E-state index contributed by atoms with van der Waals surface area (Å²) in [6.45, 7) is 1.97. The molecule has 0 aromatic rings. The van der Waals surface area contributed by atoms with Crippen molar-refractivity contribution >= 4 is 5.78 Å². The van der Waals surface area contributed by atoms with E-state index in [1.165, 1.54) is 38.5 Å². The first-order chi connectivity index (χ1) is 6.33. The molecule has 0 atom stereocenters. The maximum Gasteiger partial charge on any atom is 0.132 e. The minimum atomic E-state index is 0.448. The van der Waals surface area contributed by atoms with E-state index in [1.54, 1.807) is 0 Å². The van der Waals surface area contributed by atoms with Crippen molar-refractivity contribution in [3.63, 3.8) is 0 Å². The van der Waals surface area contributed by atoms with Crippen LogP contribution in [-0.2, 0) is 4.79 Å². The minimum Gasteiger partial charge on any atom is -0.300 e. The van der Waals surface area contributed by atoms with Crippen molar-refractivity contribution in [2.75, 3.05) is 0 Å². The molecule has 0 heterocycles. The molecule has 0 aromatic carbocycles. The highest BCUT2D eigenvalue weighted by atomic mass is 16.1. The van der Waals surface area contributed by atoms with Crippen molar-refractivity contribution in [1.29, 1.82) is 0 Å². The lowest BCUT2D eigenvalue weighted by Crippen LogP contribution is -2.03. The molecule has 1 rings (SSSR count). The average molecular weight is 182 g/mol. The van der Waals surface area contributed by atoms with E-state index in [0.717, 1.165) is 25.2 Å². The fraction of sp³-hybridized carbons (Fsp3) is 0.917. The van der Waals surface area contributed by atoms with Crippen molar-refractivity contribution in [3.05, 3.63) is 0 Å². The van der Waals surface area contributed by atoms with Gasteiger partial charge in [0, 0.05) is 12.8 Å². The van der Waals surface area contributed by atoms with Gasteiger partial charge in [-0.05, 0) is 12.3 Å². The molecule has 1 nitrogen and oxygen atoms in total. The van der Waals surface area contributed by atoms with E-state index in [1.807, 2.05) is 6.92 Å². The number of ketones is 1. The van der Waals surface area contributed by atoms with E-state index in [-0.39, 0.29) is 0 Å². The van der Waals surface area contributed by atoms with Crippen molar-refractivity contribution in [3.8, 4) is 0 Å². The second-order valence-corrected chi connectivity index (χ2v) is 4.29. The smallest absolute Gasteiger partial charge is 0.132 e. The molecule has 76 valence electrons. The van der Waals surface area contributed by atoms with Gasteiger partial charge in [-0.2, -0.15) is 0 Å². The zero-order valence-electron chi connectivity index (χ0n) is 8.85. The number of hydrogen-bond acceptors (Lipinski definition) is 1. The van der Waals surface area contributed by atoms with Crippen LogP contribution < -0.4 is 0 Å². The molecule has 1 saturated carbocycles. The van der Waals surface area contributed by atoms with E-state index in [4.69, 9.17) is 0 Å². The number of Topliss-reactive ketones (excluding diaryl/α,β-unsaturated/α-hetero) is 1. The Hall–Kier alpha value is -0.330. The molecule has 0 bridgehead atoms. The molecule has 1 fully saturated rings. The SMILES string of the molecule is CCC(=O)CCC1CCCCCC1. The summed E-state index contributed by atoms with van der Waals surface area (Å²) in [7, 11) is 0. The summed E-state index contributed by atoms with van der Waals surface area (Å²) in [6.07, 6.45) is 11.1. The Balaban J connectivity index is 2.15. The fourth-order valence-corrected chi connectivity index (χ4v) is 2.19. The van der Waals surface area contributed by atoms with Crippen molar-refractivity contribution in [2.24, 2.45) is 5.92 Å². The van der Waals surface area contributed by atoms with E-state index >= 15 is 0 Å². The van der Waals surface area contributed by atoms with Gasteiger partial charge in [0.1, 0.15) is 5.78 Å².